The normalized spacial score (nSPS) is 11.3. The van der Waals surface area contributed by atoms with E-state index in [-0.39, 0.29) is 5.82 Å². The van der Waals surface area contributed by atoms with Crippen molar-refractivity contribution in [2.24, 2.45) is 0 Å². The van der Waals surface area contributed by atoms with Crippen LogP contribution in [-0.4, -0.2) is 0 Å². The van der Waals surface area contributed by atoms with Gasteiger partial charge in [-0.25, -0.2) is 4.39 Å². The van der Waals surface area contributed by atoms with Crippen LogP contribution in [0.4, 0.5) is 10.1 Å². The number of rotatable bonds is 1. The molecule has 0 saturated heterocycles. The number of fused-ring (bicyclic) bond motifs is 3. The molecule has 2 nitrogen and oxygen atoms in total. The molecule has 3 aromatic carbocycles. The lowest BCUT2D eigenvalue weighted by Gasteiger charge is -2.05. The van der Waals surface area contributed by atoms with E-state index in [0.29, 0.717) is 11.3 Å². The number of anilines is 1. The van der Waals surface area contributed by atoms with Gasteiger partial charge in [-0.05, 0) is 42.0 Å². The van der Waals surface area contributed by atoms with E-state index >= 15 is 0 Å². The van der Waals surface area contributed by atoms with Crippen LogP contribution in [0.5, 0.6) is 0 Å². The third-order valence-electron chi connectivity index (χ3n) is 3.68. The number of hydrogen-bond acceptors (Lipinski definition) is 2. The van der Waals surface area contributed by atoms with E-state index in [1.54, 1.807) is 12.1 Å². The Bertz CT molecular complexity index is 971. The predicted molar refractivity (Wildman–Crippen MR) is 83.5 cm³/mol. The lowest BCUT2D eigenvalue weighted by atomic mass is 10.0. The highest BCUT2D eigenvalue weighted by molar-refractivity contribution is 6.06. The highest BCUT2D eigenvalue weighted by atomic mass is 19.1. The van der Waals surface area contributed by atoms with Gasteiger partial charge in [-0.2, -0.15) is 0 Å². The van der Waals surface area contributed by atoms with E-state index in [1.807, 2.05) is 42.5 Å². The number of nitrogen functional groups attached to an aromatic ring is 1. The number of nitrogens with two attached hydrogens (primary N) is 1. The summed E-state index contributed by atoms with van der Waals surface area (Å²) in [5, 5.41) is 2.00. The maximum Gasteiger partial charge on any atom is 0.135 e. The van der Waals surface area contributed by atoms with Crippen molar-refractivity contribution < 1.29 is 8.81 Å². The zero-order valence-electron chi connectivity index (χ0n) is 11.1. The van der Waals surface area contributed by atoms with Gasteiger partial charge in [0.15, 0.2) is 0 Å². The van der Waals surface area contributed by atoms with Gasteiger partial charge in [0.1, 0.15) is 17.0 Å². The Labute approximate surface area is 120 Å². The molecule has 0 radical (unpaired) electrons. The molecule has 0 bridgehead atoms. The fourth-order valence-electron chi connectivity index (χ4n) is 2.66. The molecule has 0 amide bonds. The van der Waals surface area contributed by atoms with Crippen LogP contribution in [0.1, 0.15) is 0 Å². The highest BCUT2D eigenvalue weighted by Crippen LogP contribution is 2.33. The van der Waals surface area contributed by atoms with Crippen molar-refractivity contribution in [1.29, 1.82) is 0 Å². The van der Waals surface area contributed by atoms with E-state index in [2.05, 4.69) is 0 Å². The Morgan fingerprint density at radius 2 is 1.62 bits per heavy atom. The Hall–Kier alpha value is -2.81. The van der Waals surface area contributed by atoms with E-state index in [4.69, 9.17) is 10.2 Å². The molecule has 102 valence electrons. The fraction of sp³-hybridized carbons (Fsp3) is 0. The maximum absolute atomic E-state index is 14.0. The zero-order chi connectivity index (χ0) is 14.4. The van der Waals surface area contributed by atoms with Crippen molar-refractivity contribution in [2.45, 2.75) is 0 Å². The van der Waals surface area contributed by atoms with Gasteiger partial charge in [-0.3, -0.25) is 0 Å². The van der Waals surface area contributed by atoms with Gasteiger partial charge in [0.2, 0.25) is 0 Å². The summed E-state index contributed by atoms with van der Waals surface area (Å²) in [4.78, 5) is 0. The molecule has 1 aromatic heterocycles. The molecule has 21 heavy (non-hydrogen) atoms. The van der Waals surface area contributed by atoms with E-state index in [0.717, 1.165) is 27.5 Å². The van der Waals surface area contributed by atoms with Crippen molar-refractivity contribution in [2.75, 3.05) is 5.73 Å². The first kappa shape index (κ1) is 12.0. The molecule has 3 heteroatoms. The van der Waals surface area contributed by atoms with Crippen molar-refractivity contribution in [3.8, 4) is 11.1 Å². The number of halogens is 1. The van der Waals surface area contributed by atoms with Gasteiger partial charge in [-0.15, -0.1) is 0 Å². The highest BCUT2D eigenvalue weighted by Gasteiger charge is 2.10. The molecule has 0 aliphatic rings. The van der Waals surface area contributed by atoms with E-state index < -0.39 is 0 Å². The van der Waals surface area contributed by atoms with Crippen molar-refractivity contribution in [3.63, 3.8) is 0 Å². The van der Waals surface area contributed by atoms with Crippen LogP contribution in [0.25, 0.3) is 33.1 Å². The van der Waals surface area contributed by atoms with E-state index in [9.17, 15) is 4.39 Å². The topological polar surface area (TPSA) is 39.2 Å². The first-order valence-electron chi connectivity index (χ1n) is 6.69. The minimum absolute atomic E-state index is 0.281. The monoisotopic (exact) mass is 277 g/mol. The third-order valence-corrected chi connectivity index (χ3v) is 3.68. The quantitative estimate of drug-likeness (QED) is 0.499. The first-order chi connectivity index (χ1) is 10.2. The molecule has 1 heterocycles. The van der Waals surface area contributed by atoms with Crippen LogP contribution in [0.15, 0.2) is 65.1 Å². The van der Waals surface area contributed by atoms with Gasteiger partial charge >= 0.3 is 0 Å². The third kappa shape index (κ3) is 1.86. The summed E-state index contributed by atoms with van der Waals surface area (Å²) in [5.41, 5.74) is 9.23. The van der Waals surface area contributed by atoms with Crippen LogP contribution in [0.3, 0.4) is 0 Å². The van der Waals surface area contributed by atoms with Crippen LogP contribution in [-0.2, 0) is 0 Å². The summed E-state index contributed by atoms with van der Waals surface area (Å²) >= 11 is 0. The number of benzene rings is 3. The second-order valence-electron chi connectivity index (χ2n) is 5.05. The molecular weight excluding hydrogens is 265 g/mol. The SMILES string of the molecule is Nc1ccc(F)c(-c2ccc3oc4ccccc4c3c2)c1. The minimum atomic E-state index is -0.281. The molecule has 0 saturated carbocycles. The Balaban J connectivity index is 2.02. The molecule has 0 unspecified atom stereocenters. The van der Waals surface area contributed by atoms with Gasteiger partial charge in [0.25, 0.3) is 0 Å². The average molecular weight is 277 g/mol. The number of furan rings is 1. The largest absolute Gasteiger partial charge is 0.456 e. The Kier molecular flexibility index (Phi) is 2.48. The molecule has 2 N–H and O–H groups in total. The van der Waals surface area contributed by atoms with Crippen LogP contribution < -0.4 is 5.73 Å². The number of para-hydroxylation sites is 1. The summed E-state index contributed by atoms with van der Waals surface area (Å²) in [7, 11) is 0. The smallest absolute Gasteiger partial charge is 0.135 e. The van der Waals surface area contributed by atoms with Crippen molar-refractivity contribution in [3.05, 3.63) is 66.5 Å². The summed E-state index contributed by atoms with van der Waals surface area (Å²) in [5.74, 6) is -0.281. The van der Waals surface area contributed by atoms with E-state index in [1.165, 1.54) is 6.07 Å². The van der Waals surface area contributed by atoms with Crippen LogP contribution in [0, 0.1) is 5.82 Å². The summed E-state index contributed by atoms with van der Waals surface area (Å²) in [6, 6.07) is 18.1. The zero-order valence-corrected chi connectivity index (χ0v) is 11.1. The molecule has 0 spiro atoms. The summed E-state index contributed by atoms with van der Waals surface area (Å²) in [6.45, 7) is 0. The van der Waals surface area contributed by atoms with Crippen molar-refractivity contribution >= 4 is 27.6 Å². The van der Waals surface area contributed by atoms with Gasteiger partial charge in [-0.1, -0.05) is 24.3 Å². The lowest BCUT2D eigenvalue weighted by molar-refractivity contribution is 0.631. The molecule has 4 rings (SSSR count). The molecule has 0 atom stereocenters. The van der Waals surface area contributed by atoms with Gasteiger partial charge in [0, 0.05) is 22.0 Å². The minimum Gasteiger partial charge on any atom is -0.456 e. The molecule has 4 aromatic rings. The molecule has 0 fully saturated rings. The molecule has 0 aliphatic heterocycles. The van der Waals surface area contributed by atoms with Crippen molar-refractivity contribution in [1.82, 2.24) is 0 Å². The second kappa shape index (κ2) is 4.35. The van der Waals surface area contributed by atoms with Gasteiger partial charge < -0.3 is 10.2 Å². The second-order valence-corrected chi connectivity index (χ2v) is 5.05. The average Bonchev–Trinajstić information content (AvgIpc) is 2.87. The molecule has 0 aliphatic carbocycles. The Morgan fingerprint density at radius 3 is 2.52 bits per heavy atom. The lowest BCUT2D eigenvalue weighted by Crippen LogP contribution is -1.89. The van der Waals surface area contributed by atoms with Crippen LogP contribution >= 0.6 is 0 Å². The predicted octanol–water partition coefficient (Wildman–Crippen LogP) is 4.97. The first-order valence-corrected chi connectivity index (χ1v) is 6.69. The summed E-state index contributed by atoms with van der Waals surface area (Å²) in [6.07, 6.45) is 0. The molecular formula is C18H12FNO. The summed E-state index contributed by atoms with van der Waals surface area (Å²) < 4.78 is 19.8. The Morgan fingerprint density at radius 1 is 0.810 bits per heavy atom. The fourth-order valence-corrected chi connectivity index (χ4v) is 2.66. The number of hydrogen-bond donors (Lipinski definition) is 1. The standard InChI is InChI=1S/C18H12FNO/c19-16-7-6-12(20)10-14(16)11-5-8-18-15(9-11)13-3-1-2-4-17(13)21-18/h1-10H,20H2. The van der Waals surface area contributed by atoms with Crippen LogP contribution in [0.2, 0.25) is 0 Å². The van der Waals surface area contributed by atoms with Gasteiger partial charge in [0.05, 0.1) is 0 Å². The maximum atomic E-state index is 14.0.